The molecule has 3 aromatic rings. The van der Waals surface area contributed by atoms with Crippen LogP contribution in [-0.2, 0) is 6.42 Å². The summed E-state index contributed by atoms with van der Waals surface area (Å²) < 4.78 is 41.6. The van der Waals surface area contributed by atoms with Crippen LogP contribution in [0.5, 0.6) is 5.75 Å². The third kappa shape index (κ3) is 4.67. The smallest absolute Gasteiger partial charge is 0.406 e. The van der Waals surface area contributed by atoms with E-state index >= 15 is 0 Å². The van der Waals surface area contributed by atoms with Gasteiger partial charge in [-0.05, 0) is 49.4 Å². The lowest BCUT2D eigenvalue weighted by atomic mass is 9.88. The van der Waals surface area contributed by atoms with Gasteiger partial charge in [-0.2, -0.15) is 0 Å². The Hall–Kier alpha value is -3.09. The number of nitrogens with one attached hydrogen (secondary N) is 1. The van der Waals surface area contributed by atoms with Crippen molar-refractivity contribution >= 4 is 5.82 Å². The first kappa shape index (κ1) is 19.2. The standard InChI is InChI=1S/C22H20F3N3O/c1-14-26-20(16-8-4-9-17(12-16)29-22(23,24)25)13-21(27-14)28-19-11-5-7-15-6-2-3-10-18(15)19/h2-4,6,8-10,12-13,19H,5,7,11H2,1H3,(H,26,27,28). The van der Waals surface area contributed by atoms with Crippen LogP contribution in [-0.4, -0.2) is 16.3 Å². The van der Waals surface area contributed by atoms with E-state index in [4.69, 9.17) is 0 Å². The largest absolute Gasteiger partial charge is 0.573 e. The number of benzene rings is 2. The second-order valence-corrected chi connectivity index (χ2v) is 7.05. The Morgan fingerprint density at radius 1 is 1.03 bits per heavy atom. The van der Waals surface area contributed by atoms with E-state index in [1.807, 2.05) is 12.1 Å². The molecule has 0 saturated heterocycles. The maximum atomic E-state index is 12.5. The first-order valence-electron chi connectivity index (χ1n) is 9.43. The molecule has 0 spiro atoms. The molecule has 0 radical (unpaired) electrons. The number of fused-ring (bicyclic) bond motifs is 1. The SMILES string of the molecule is Cc1nc(NC2CCCc3ccccc32)cc(-c2cccc(OC(F)(F)F)c2)n1. The van der Waals surface area contributed by atoms with Gasteiger partial charge < -0.3 is 10.1 Å². The number of hydrogen-bond donors (Lipinski definition) is 1. The summed E-state index contributed by atoms with van der Waals surface area (Å²) in [4.78, 5) is 8.87. The number of nitrogens with zero attached hydrogens (tertiary/aromatic N) is 2. The van der Waals surface area contributed by atoms with Crippen LogP contribution in [0.2, 0.25) is 0 Å². The lowest BCUT2D eigenvalue weighted by Gasteiger charge is -2.27. The Labute approximate surface area is 166 Å². The normalized spacial score (nSPS) is 16.2. The van der Waals surface area contributed by atoms with Gasteiger partial charge in [0.05, 0.1) is 11.7 Å². The van der Waals surface area contributed by atoms with Crippen LogP contribution < -0.4 is 10.1 Å². The zero-order chi connectivity index (χ0) is 20.4. The summed E-state index contributed by atoms with van der Waals surface area (Å²) in [5.74, 6) is 0.912. The molecule has 0 fully saturated rings. The van der Waals surface area contributed by atoms with Crippen molar-refractivity contribution in [2.75, 3.05) is 5.32 Å². The van der Waals surface area contributed by atoms with Crippen molar-refractivity contribution in [1.82, 2.24) is 9.97 Å². The molecule has 2 aromatic carbocycles. The van der Waals surface area contributed by atoms with Gasteiger partial charge >= 0.3 is 6.36 Å². The Morgan fingerprint density at radius 2 is 1.86 bits per heavy atom. The Bertz CT molecular complexity index is 1020. The zero-order valence-corrected chi connectivity index (χ0v) is 15.8. The number of hydrogen-bond acceptors (Lipinski definition) is 4. The summed E-state index contributed by atoms with van der Waals surface area (Å²) >= 11 is 0. The van der Waals surface area contributed by atoms with Gasteiger partial charge in [-0.15, -0.1) is 13.2 Å². The van der Waals surface area contributed by atoms with Crippen molar-refractivity contribution in [1.29, 1.82) is 0 Å². The third-order valence-electron chi connectivity index (χ3n) is 4.89. The van der Waals surface area contributed by atoms with Crippen molar-refractivity contribution in [3.63, 3.8) is 0 Å². The molecule has 0 aliphatic heterocycles. The number of halogens is 3. The highest BCUT2D eigenvalue weighted by molar-refractivity contribution is 5.64. The van der Waals surface area contributed by atoms with Crippen LogP contribution in [0.15, 0.2) is 54.6 Å². The predicted molar refractivity (Wildman–Crippen MR) is 105 cm³/mol. The van der Waals surface area contributed by atoms with Gasteiger partial charge in [0.2, 0.25) is 0 Å². The molecular formula is C22H20F3N3O. The fourth-order valence-electron chi connectivity index (χ4n) is 3.72. The van der Waals surface area contributed by atoms with Crippen molar-refractivity contribution in [3.05, 3.63) is 71.5 Å². The Balaban J connectivity index is 1.62. The van der Waals surface area contributed by atoms with E-state index in [0.717, 1.165) is 19.3 Å². The molecular weight excluding hydrogens is 379 g/mol. The van der Waals surface area contributed by atoms with Gasteiger partial charge in [0, 0.05) is 11.6 Å². The first-order chi connectivity index (χ1) is 13.9. The number of rotatable bonds is 4. The van der Waals surface area contributed by atoms with Crippen molar-refractivity contribution in [2.45, 2.75) is 38.6 Å². The molecule has 0 bridgehead atoms. The monoisotopic (exact) mass is 399 g/mol. The molecule has 4 nitrogen and oxygen atoms in total. The van der Waals surface area contributed by atoms with E-state index < -0.39 is 6.36 Å². The van der Waals surface area contributed by atoms with E-state index in [9.17, 15) is 13.2 Å². The summed E-state index contributed by atoms with van der Waals surface area (Å²) in [6.45, 7) is 1.76. The number of ether oxygens (including phenoxy) is 1. The van der Waals surface area contributed by atoms with E-state index in [1.165, 1.54) is 29.3 Å². The maximum Gasteiger partial charge on any atom is 0.573 e. The van der Waals surface area contributed by atoms with Crippen LogP contribution in [0.4, 0.5) is 19.0 Å². The van der Waals surface area contributed by atoms with E-state index in [0.29, 0.717) is 22.9 Å². The van der Waals surface area contributed by atoms with Crippen molar-refractivity contribution in [2.24, 2.45) is 0 Å². The molecule has 4 rings (SSSR count). The molecule has 150 valence electrons. The molecule has 1 aliphatic carbocycles. The fraction of sp³-hybridized carbons (Fsp3) is 0.273. The molecule has 0 saturated carbocycles. The second kappa shape index (κ2) is 7.73. The highest BCUT2D eigenvalue weighted by atomic mass is 19.4. The highest BCUT2D eigenvalue weighted by Crippen LogP contribution is 2.33. The topological polar surface area (TPSA) is 47.0 Å². The van der Waals surface area contributed by atoms with Crippen LogP contribution in [0.3, 0.4) is 0 Å². The number of aryl methyl sites for hydroxylation is 2. The third-order valence-corrected chi connectivity index (χ3v) is 4.89. The zero-order valence-electron chi connectivity index (χ0n) is 15.8. The number of anilines is 1. The second-order valence-electron chi connectivity index (χ2n) is 7.05. The van der Waals surface area contributed by atoms with Crippen molar-refractivity contribution in [3.8, 4) is 17.0 Å². The molecule has 1 aromatic heterocycles. The lowest BCUT2D eigenvalue weighted by Crippen LogP contribution is -2.18. The van der Waals surface area contributed by atoms with Crippen LogP contribution in [0.1, 0.15) is 35.8 Å². The maximum absolute atomic E-state index is 12.5. The predicted octanol–water partition coefficient (Wildman–Crippen LogP) is 5.84. The van der Waals surface area contributed by atoms with Crippen LogP contribution >= 0.6 is 0 Å². The minimum absolute atomic E-state index is 0.141. The summed E-state index contributed by atoms with van der Waals surface area (Å²) in [6, 6.07) is 16.1. The summed E-state index contributed by atoms with van der Waals surface area (Å²) in [7, 11) is 0. The van der Waals surface area contributed by atoms with Crippen LogP contribution in [0.25, 0.3) is 11.3 Å². The number of alkyl halides is 3. The summed E-state index contributed by atoms with van der Waals surface area (Å²) in [6.07, 6.45) is -1.59. The Kier molecular flexibility index (Phi) is 5.13. The summed E-state index contributed by atoms with van der Waals surface area (Å²) in [5, 5.41) is 3.48. The molecule has 1 unspecified atom stereocenters. The van der Waals surface area contributed by atoms with E-state index in [2.05, 4.69) is 32.2 Å². The van der Waals surface area contributed by atoms with Gasteiger partial charge in [-0.25, -0.2) is 9.97 Å². The minimum Gasteiger partial charge on any atom is -0.406 e. The average molecular weight is 399 g/mol. The summed E-state index contributed by atoms with van der Waals surface area (Å²) in [5.41, 5.74) is 3.66. The van der Waals surface area contributed by atoms with Gasteiger partial charge in [-0.3, -0.25) is 0 Å². The molecule has 1 N–H and O–H groups in total. The molecule has 1 aliphatic rings. The van der Waals surface area contributed by atoms with E-state index in [1.54, 1.807) is 19.1 Å². The van der Waals surface area contributed by atoms with Gasteiger partial charge in [0.1, 0.15) is 17.4 Å². The van der Waals surface area contributed by atoms with Crippen LogP contribution in [0, 0.1) is 6.92 Å². The van der Waals surface area contributed by atoms with Gasteiger partial charge in [-0.1, -0.05) is 36.4 Å². The van der Waals surface area contributed by atoms with Crippen molar-refractivity contribution < 1.29 is 17.9 Å². The first-order valence-corrected chi connectivity index (χ1v) is 9.43. The average Bonchev–Trinajstić information content (AvgIpc) is 2.67. The molecule has 7 heteroatoms. The van der Waals surface area contributed by atoms with E-state index in [-0.39, 0.29) is 11.8 Å². The van der Waals surface area contributed by atoms with Gasteiger partial charge in [0.15, 0.2) is 0 Å². The number of aromatic nitrogens is 2. The van der Waals surface area contributed by atoms with Gasteiger partial charge in [0.25, 0.3) is 0 Å². The minimum atomic E-state index is -4.73. The molecule has 29 heavy (non-hydrogen) atoms. The molecule has 1 atom stereocenters. The molecule has 0 amide bonds. The quantitative estimate of drug-likeness (QED) is 0.599. The fourth-order valence-corrected chi connectivity index (χ4v) is 3.72. The Morgan fingerprint density at radius 3 is 2.69 bits per heavy atom. The highest BCUT2D eigenvalue weighted by Gasteiger charge is 2.31. The lowest BCUT2D eigenvalue weighted by molar-refractivity contribution is -0.274. The molecule has 1 heterocycles.